The number of carbonyl (C=O) groups is 1. The minimum absolute atomic E-state index is 0.0528. The number of rotatable bonds is 8. The van der Waals surface area contributed by atoms with E-state index in [1.165, 1.54) is 7.05 Å². The number of hydrogen-bond acceptors (Lipinski definition) is 4. The van der Waals surface area contributed by atoms with Crippen LogP contribution < -0.4 is 14.8 Å². The molecule has 1 amide bonds. The van der Waals surface area contributed by atoms with Crippen LogP contribution >= 0.6 is 0 Å². The molecule has 2 rings (SSSR count). The molecule has 0 aliphatic carbocycles. The summed E-state index contributed by atoms with van der Waals surface area (Å²) in [6.45, 7) is 4.21. The lowest BCUT2D eigenvalue weighted by molar-refractivity contribution is -0.123. The van der Waals surface area contributed by atoms with Gasteiger partial charge in [0.2, 0.25) is 10.0 Å². The molecule has 0 fully saturated rings. The zero-order chi connectivity index (χ0) is 19.2. The standard InChI is InChI=1S/C19H24N2O4S/c1-14-4-5-15(2)18(10-14)25-12-19(22)21-11-16-6-8-17(9-7-16)13-26(23,24)20-3/h4-10,20H,11-13H2,1-3H3,(H,21,22). The molecule has 0 unspecified atom stereocenters. The molecule has 7 heteroatoms. The van der Waals surface area contributed by atoms with E-state index in [0.717, 1.165) is 16.7 Å². The maximum atomic E-state index is 12.0. The second kappa shape index (κ2) is 8.82. The Morgan fingerprint density at radius 2 is 1.69 bits per heavy atom. The zero-order valence-electron chi connectivity index (χ0n) is 15.2. The highest BCUT2D eigenvalue weighted by Crippen LogP contribution is 2.18. The Morgan fingerprint density at radius 1 is 1.04 bits per heavy atom. The number of hydrogen-bond donors (Lipinski definition) is 2. The van der Waals surface area contributed by atoms with Crippen LogP contribution in [0, 0.1) is 13.8 Å². The van der Waals surface area contributed by atoms with Crippen LogP contribution in [0.4, 0.5) is 0 Å². The summed E-state index contributed by atoms with van der Waals surface area (Å²) in [5.41, 5.74) is 3.63. The van der Waals surface area contributed by atoms with Crippen molar-refractivity contribution in [2.45, 2.75) is 26.1 Å². The van der Waals surface area contributed by atoms with Crippen molar-refractivity contribution in [2.24, 2.45) is 0 Å². The second-order valence-corrected chi connectivity index (χ2v) is 8.04. The van der Waals surface area contributed by atoms with E-state index >= 15 is 0 Å². The molecule has 0 aliphatic heterocycles. The van der Waals surface area contributed by atoms with Crippen molar-refractivity contribution in [3.8, 4) is 5.75 Å². The molecule has 0 heterocycles. The lowest BCUT2D eigenvalue weighted by Crippen LogP contribution is -2.28. The summed E-state index contributed by atoms with van der Waals surface area (Å²) in [6.07, 6.45) is 0. The van der Waals surface area contributed by atoms with Crippen molar-refractivity contribution >= 4 is 15.9 Å². The van der Waals surface area contributed by atoms with E-state index in [4.69, 9.17) is 4.74 Å². The molecule has 26 heavy (non-hydrogen) atoms. The van der Waals surface area contributed by atoms with Gasteiger partial charge in [-0.05, 0) is 49.2 Å². The third-order valence-corrected chi connectivity index (χ3v) is 5.22. The third kappa shape index (κ3) is 6.16. The van der Waals surface area contributed by atoms with Gasteiger partial charge in [-0.3, -0.25) is 4.79 Å². The summed E-state index contributed by atoms with van der Waals surface area (Å²) in [7, 11) is -1.90. The van der Waals surface area contributed by atoms with Crippen molar-refractivity contribution in [2.75, 3.05) is 13.7 Å². The fourth-order valence-electron chi connectivity index (χ4n) is 2.30. The average Bonchev–Trinajstić information content (AvgIpc) is 2.61. The molecular weight excluding hydrogens is 352 g/mol. The first kappa shape index (κ1) is 19.9. The van der Waals surface area contributed by atoms with Crippen LogP contribution in [0.15, 0.2) is 42.5 Å². The first-order chi connectivity index (χ1) is 12.3. The van der Waals surface area contributed by atoms with E-state index in [-0.39, 0.29) is 18.3 Å². The molecule has 2 aromatic carbocycles. The highest BCUT2D eigenvalue weighted by Gasteiger charge is 2.09. The Morgan fingerprint density at radius 3 is 2.35 bits per heavy atom. The van der Waals surface area contributed by atoms with Gasteiger partial charge >= 0.3 is 0 Å². The van der Waals surface area contributed by atoms with Crippen LogP contribution in [-0.2, 0) is 27.1 Å². The third-order valence-electron chi connectivity index (χ3n) is 3.88. The minimum Gasteiger partial charge on any atom is -0.483 e. The molecule has 0 bridgehead atoms. The van der Waals surface area contributed by atoms with Gasteiger partial charge in [-0.25, -0.2) is 13.1 Å². The van der Waals surface area contributed by atoms with Crippen LogP contribution in [-0.4, -0.2) is 28.0 Å². The molecule has 0 radical (unpaired) electrons. The first-order valence-corrected chi connectivity index (χ1v) is 9.90. The van der Waals surface area contributed by atoms with E-state index in [9.17, 15) is 13.2 Å². The molecule has 0 saturated heterocycles. The summed E-state index contributed by atoms with van der Waals surface area (Å²) in [4.78, 5) is 12.0. The second-order valence-electron chi connectivity index (χ2n) is 6.11. The highest BCUT2D eigenvalue weighted by molar-refractivity contribution is 7.88. The largest absolute Gasteiger partial charge is 0.483 e. The molecular formula is C19H24N2O4S. The van der Waals surface area contributed by atoms with E-state index < -0.39 is 10.0 Å². The molecule has 2 N–H and O–H groups in total. The molecule has 2 aromatic rings. The van der Waals surface area contributed by atoms with Crippen LogP contribution in [0.1, 0.15) is 22.3 Å². The number of nitrogens with one attached hydrogen (secondary N) is 2. The number of aryl methyl sites for hydroxylation is 2. The summed E-state index contributed by atoms with van der Waals surface area (Å²) in [6, 6.07) is 12.9. The van der Waals surface area contributed by atoms with Crippen LogP contribution in [0.25, 0.3) is 0 Å². The van der Waals surface area contributed by atoms with Gasteiger partial charge in [-0.15, -0.1) is 0 Å². The van der Waals surface area contributed by atoms with Gasteiger partial charge in [0.15, 0.2) is 6.61 Å². The van der Waals surface area contributed by atoms with Crippen molar-refractivity contribution in [3.05, 3.63) is 64.7 Å². The highest BCUT2D eigenvalue weighted by atomic mass is 32.2. The molecule has 0 aliphatic rings. The molecule has 0 atom stereocenters. The Hall–Kier alpha value is -2.38. The number of sulfonamides is 1. The van der Waals surface area contributed by atoms with E-state index in [0.29, 0.717) is 17.9 Å². The fraction of sp³-hybridized carbons (Fsp3) is 0.316. The van der Waals surface area contributed by atoms with Crippen molar-refractivity contribution in [3.63, 3.8) is 0 Å². The summed E-state index contributed by atoms with van der Waals surface area (Å²) in [5.74, 6) is 0.419. The summed E-state index contributed by atoms with van der Waals surface area (Å²) >= 11 is 0. The van der Waals surface area contributed by atoms with Gasteiger partial charge in [0.1, 0.15) is 5.75 Å². The van der Waals surface area contributed by atoms with Gasteiger partial charge < -0.3 is 10.1 Å². The quantitative estimate of drug-likeness (QED) is 0.738. The lowest BCUT2D eigenvalue weighted by Gasteiger charge is -2.10. The maximum absolute atomic E-state index is 12.0. The van der Waals surface area contributed by atoms with Crippen LogP contribution in [0.3, 0.4) is 0 Å². The van der Waals surface area contributed by atoms with Gasteiger partial charge in [0.25, 0.3) is 5.91 Å². The minimum atomic E-state index is -3.29. The number of amides is 1. The Kier molecular flexibility index (Phi) is 6.76. The first-order valence-electron chi connectivity index (χ1n) is 8.25. The van der Waals surface area contributed by atoms with Crippen molar-refractivity contribution < 1.29 is 17.9 Å². The van der Waals surface area contributed by atoms with Gasteiger partial charge in [0, 0.05) is 6.54 Å². The Balaban J connectivity index is 1.82. The molecule has 0 aromatic heterocycles. The Bertz CT molecular complexity index is 862. The normalized spacial score (nSPS) is 11.2. The van der Waals surface area contributed by atoms with E-state index in [1.54, 1.807) is 24.3 Å². The smallest absolute Gasteiger partial charge is 0.258 e. The number of ether oxygens (including phenoxy) is 1. The van der Waals surface area contributed by atoms with Gasteiger partial charge in [-0.1, -0.05) is 36.4 Å². The number of carbonyl (C=O) groups excluding carboxylic acids is 1. The summed E-state index contributed by atoms with van der Waals surface area (Å²) in [5, 5.41) is 2.79. The van der Waals surface area contributed by atoms with Crippen LogP contribution in [0.5, 0.6) is 5.75 Å². The molecule has 0 saturated carbocycles. The maximum Gasteiger partial charge on any atom is 0.258 e. The van der Waals surface area contributed by atoms with Gasteiger partial charge in [0.05, 0.1) is 5.75 Å². The van der Waals surface area contributed by atoms with Crippen LogP contribution in [0.2, 0.25) is 0 Å². The monoisotopic (exact) mass is 376 g/mol. The van der Waals surface area contributed by atoms with E-state index in [1.807, 2.05) is 32.0 Å². The molecule has 140 valence electrons. The summed E-state index contributed by atoms with van der Waals surface area (Å²) < 4.78 is 30.9. The molecule has 6 nitrogen and oxygen atoms in total. The average molecular weight is 376 g/mol. The van der Waals surface area contributed by atoms with Crippen molar-refractivity contribution in [1.82, 2.24) is 10.0 Å². The predicted octanol–water partition coefficient (Wildman–Crippen LogP) is 2.05. The topological polar surface area (TPSA) is 84.5 Å². The van der Waals surface area contributed by atoms with Crippen molar-refractivity contribution in [1.29, 1.82) is 0 Å². The zero-order valence-corrected chi connectivity index (χ0v) is 16.0. The predicted molar refractivity (Wildman–Crippen MR) is 101 cm³/mol. The Labute approximate surface area is 154 Å². The fourth-order valence-corrected chi connectivity index (χ4v) is 3.08. The van der Waals surface area contributed by atoms with Gasteiger partial charge in [-0.2, -0.15) is 0 Å². The lowest BCUT2D eigenvalue weighted by atomic mass is 10.1. The van der Waals surface area contributed by atoms with E-state index in [2.05, 4.69) is 10.0 Å². The number of benzene rings is 2. The SMILES string of the molecule is CNS(=O)(=O)Cc1ccc(CNC(=O)COc2cc(C)ccc2C)cc1. The molecule has 0 spiro atoms.